The molecule has 1 aliphatic carbocycles. The Bertz CT molecular complexity index is 1070. The van der Waals surface area contributed by atoms with Gasteiger partial charge in [0.25, 0.3) is 5.91 Å². The highest BCUT2D eigenvalue weighted by molar-refractivity contribution is 7.89. The third-order valence-corrected chi connectivity index (χ3v) is 7.35. The average Bonchev–Trinajstić information content (AvgIpc) is 3.46. The Morgan fingerprint density at radius 2 is 1.90 bits per heavy atom. The molecule has 2 aliphatic rings. The molecule has 29 heavy (non-hydrogen) atoms. The van der Waals surface area contributed by atoms with Crippen LogP contribution in [0.4, 0.5) is 11.4 Å². The Morgan fingerprint density at radius 3 is 2.62 bits per heavy atom. The summed E-state index contributed by atoms with van der Waals surface area (Å²) in [5.41, 5.74) is 4.71. The van der Waals surface area contributed by atoms with Gasteiger partial charge in [-0.3, -0.25) is 4.79 Å². The third kappa shape index (κ3) is 4.02. The molecule has 1 amide bonds. The summed E-state index contributed by atoms with van der Waals surface area (Å²) < 4.78 is 28.0. The summed E-state index contributed by atoms with van der Waals surface area (Å²) in [6, 6.07) is 9.02. The van der Waals surface area contributed by atoms with E-state index in [2.05, 4.69) is 28.3 Å². The molecule has 0 radical (unpaired) electrons. The van der Waals surface area contributed by atoms with Gasteiger partial charge >= 0.3 is 0 Å². The molecule has 3 N–H and O–H groups in total. The first-order chi connectivity index (χ1) is 13.8. The number of fused-ring (bicyclic) bond motifs is 1. The summed E-state index contributed by atoms with van der Waals surface area (Å²) in [6.07, 6.45) is 2.78. The number of aryl methyl sites for hydroxylation is 1. The topological polar surface area (TPSA) is 87.3 Å². The molecule has 6 nitrogen and oxygen atoms in total. The summed E-state index contributed by atoms with van der Waals surface area (Å²) in [5, 5.41) is 6.30. The zero-order valence-corrected chi connectivity index (χ0v) is 17.8. The van der Waals surface area contributed by atoms with Crippen molar-refractivity contribution in [2.75, 3.05) is 17.2 Å². The molecule has 1 heterocycles. The maximum atomic E-state index is 13.1. The van der Waals surface area contributed by atoms with Crippen molar-refractivity contribution in [3.8, 4) is 0 Å². The number of amides is 1. The largest absolute Gasteiger partial charge is 0.384 e. The Morgan fingerprint density at radius 1 is 1.14 bits per heavy atom. The second kappa shape index (κ2) is 7.46. The van der Waals surface area contributed by atoms with E-state index < -0.39 is 10.0 Å². The van der Waals surface area contributed by atoms with Gasteiger partial charge in [-0.1, -0.05) is 19.1 Å². The molecule has 0 aromatic heterocycles. The Balaban J connectivity index is 1.65. The molecule has 1 aliphatic heterocycles. The molecule has 0 saturated heterocycles. The molecule has 2 aromatic carbocycles. The Labute approximate surface area is 172 Å². The first kappa shape index (κ1) is 19.9. The maximum Gasteiger partial charge on any atom is 0.257 e. The van der Waals surface area contributed by atoms with Crippen LogP contribution in [-0.2, 0) is 10.0 Å². The van der Waals surface area contributed by atoms with Crippen molar-refractivity contribution < 1.29 is 13.2 Å². The molecule has 1 atom stereocenters. The van der Waals surface area contributed by atoms with Crippen molar-refractivity contribution in [3.63, 3.8) is 0 Å². The van der Waals surface area contributed by atoms with Crippen molar-refractivity contribution in [3.05, 3.63) is 52.6 Å². The van der Waals surface area contributed by atoms with Crippen LogP contribution in [0.2, 0.25) is 0 Å². The molecule has 0 bridgehead atoms. The van der Waals surface area contributed by atoms with Crippen LogP contribution in [0.1, 0.15) is 59.2 Å². The van der Waals surface area contributed by atoms with E-state index in [1.54, 1.807) is 25.1 Å². The first-order valence-corrected chi connectivity index (χ1v) is 11.6. The lowest BCUT2D eigenvalue weighted by Crippen LogP contribution is -2.27. The molecular formula is C22H27N3O3S. The molecule has 1 unspecified atom stereocenters. The number of rotatable bonds is 5. The summed E-state index contributed by atoms with van der Waals surface area (Å²) in [6.45, 7) is 6.72. The van der Waals surface area contributed by atoms with E-state index in [4.69, 9.17) is 0 Å². The minimum atomic E-state index is -3.59. The van der Waals surface area contributed by atoms with Crippen LogP contribution in [0.25, 0.3) is 0 Å². The highest BCUT2D eigenvalue weighted by Crippen LogP contribution is 2.35. The monoisotopic (exact) mass is 413 g/mol. The smallest absolute Gasteiger partial charge is 0.257 e. The highest BCUT2D eigenvalue weighted by atomic mass is 32.2. The van der Waals surface area contributed by atoms with Crippen LogP contribution in [0.15, 0.2) is 35.2 Å². The molecule has 4 rings (SSSR count). The highest BCUT2D eigenvalue weighted by Gasteiger charge is 2.29. The van der Waals surface area contributed by atoms with E-state index in [0.717, 1.165) is 42.6 Å². The summed E-state index contributed by atoms with van der Waals surface area (Å²) in [5.74, 6) is 0.153. The number of anilines is 2. The van der Waals surface area contributed by atoms with Crippen LogP contribution in [0.3, 0.4) is 0 Å². The van der Waals surface area contributed by atoms with Crippen molar-refractivity contribution >= 4 is 27.3 Å². The minimum absolute atomic E-state index is 0.0320. The van der Waals surface area contributed by atoms with E-state index in [-0.39, 0.29) is 16.8 Å². The number of carbonyl (C=O) groups is 1. The van der Waals surface area contributed by atoms with Crippen molar-refractivity contribution in [2.24, 2.45) is 0 Å². The minimum Gasteiger partial charge on any atom is -0.384 e. The van der Waals surface area contributed by atoms with Gasteiger partial charge < -0.3 is 10.6 Å². The van der Waals surface area contributed by atoms with Crippen LogP contribution >= 0.6 is 0 Å². The van der Waals surface area contributed by atoms with Crippen LogP contribution < -0.4 is 15.4 Å². The van der Waals surface area contributed by atoms with E-state index >= 15 is 0 Å². The van der Waals surface area contributed by atoms with Crippen molar-refractivity contribution in [1.29, 1.82) is 0 Å². The fourth-order valence-corrected chi connectivity index (χ4v) is 5.44. The van der Waals surface area contributed by atoms with Gasteiger partial charge in [0.15, 0.2) is 0 Å². The molecule has 2 aromatic rings. The number of benzene rings is 2. The SMILES string of the molecule is Cc1cc(C(=O)Nc2cccc(S(=O)(=O)NC3CC3)c2C)c2c(c1)C(C)CCN2. The van der Waals surface area contributed by atoms with Crippen LogP contribution in [-0.4, -0.2) is 26.9 Å². The number of carbonyl (C=O) groups excluding carboxylic acids is 1. The fraction of sp³-hybridized carbons (Fsp3) is 0.409. The zero-order chi connectivity index (χ0) is 20.8. The van der Waals surface area contributed by atoms with Gasteiger partial charge in [0.1, 0.15) is 0 Å². The predicted octanol–water partition coefficient (Wildman–Crippen LogP) is 3.92. The van der Waals surface area contributed by atoms with Gasteiger partial charge in [-0.2, -0.15) is 0 Å². The number of hydrogen-bond acceptors (Lipinski definition) is 4. The summed E-state index contributed by atoms with van der Waals surface area (Å²) in [7, 11) is -3.59. The molecule has 1 fully saturated rings. The lowest BCUT2D eigenvalue weighted by Gasteiger charge is -2.26. The van der Waals surface area contributed by atoms with Gasteiger partial charge in [0.2, 0.25) is 10.0 Å². The number of hydrogen-bond donors (Lipinski definition) is 3. The quantitative estimate of drug-likeness (QED) is 0.693. The predicted molar refractivity (Wildman–Crippen MR) is 115 cm³/mol. The van der Waals surface area contributed by atoms with E-state index in [9.17, 15) is 13.2 Å². The van der Waals surface area contributed by atoms with Gasteiger partial charge in [0, 0.05) is 18.3 Å². The summed E-state index contributed by atoms with van der Waals surface area (Å²) >= 11 is 0. The number of nitrogens with one attached hydrogen (secondary N) is 3. The van der Waals surface area contributed by atoms with Gasteiger partial charge in [0.05, 0.1) is 16.1 Å². The van der Waals surface area contributed by atoms with Crippen molar-refractivity contribution in [1.82, 2.24) is 4.72 Å². The molecular weight excluding hydrogens is 386 g/mol. The molecule has 154 valence electrons. The fourth-order valence-electron chi connectivity index (χ4n) is 3.86. The maximum absolute atomic E-state index is 13.1. The zero-order valence-electron chi connectivity index (χ0n) is 17.0. The Kier molecular flexibility index (Phi) is 5.12. The molecule has 0 spiro atoms. The normalized spacial score (nSPS) is 18.7. The number of sulfonamides is 1. The van der Waals surface area contributed by atoms with Gasteiger partial charge in [-0.15, -0.1) is 0 Å². The van der Waals surface area contributed by atoms with Gasteiger partial charge in [-0.25, -0.2) is 13.1 Å². The second-order valence-corrected chi connectivity index (χ2v) is 9.85. The van der Waals surface area contributed by atoms with Crippen LogP contribution in [0, 0.1) is 13.8 Å². The van der Waals surface area contributed by atoms with E-state index in [0.29, 0.717) is 22.7 Å². The Hall–Kier alpha value is -2.38. The van der Waals surface area contributed by atoms with Gasteiger partial charge in [-0.05, 0) is 73.9 Å². The summed E-state index contributed by atoms with van der Waals surface area (Å²) in [4.78, 5) is 13.3. The third-order valence-electron chi connectivity index (χ3n) is 5.69. The molecule has 1 saturated carbocycles. The van der Waals surface area contributed by atoms with E-state index in [1.807, 2.05) is 13.0 Å². The van der Waals surface area contributed by atoms with Crippen molar-refractivity contribution in [2.45, 2.75) is 56.9 Å². The average molecular weight is 414 g/mol. The standard InChI is InChI=1S/C22H27N3O3S/c1-13-11-17-14(2)9-10-23-21(17)18(12-13)22(26)24-19-5-4-6-20(15(19)3)29(27,28)25-16-7-8-16/h4-6,11-12,14,16,23,25H,7-10H2,1-3H3,(H,24,26). The lowest BCUT2D eigenvalue weighted by atomic mass is 9.89. The lowest BCUT2D eigenvalue weighted by molar-refractivity contribution is 0.102. The second-order valence-electron chi connectivity index (χ2n) is 8.17. The van der Waals surface area contributed by atoms with E-state index in [1.165, 1.54) is 0 Å². The van der Waals surface area contributed by atoms with Crippen LogP contribution in [0.5, 0.6) is 0 Å². The first-order valence-electron chi connectivity index (χ1n) is 10.1. The molecule has 7 heteroatoms.